The van der Waals surface area contributed by atoms with Crippen LogP contribution in [0.5, 0.6) is 11.8 Å². The number of amides is 2. The van der Waals surface area contributed by atoms with Gasteiger partial charge in [0.1, 0.15) is 12.7 Å². The van der Waals surface area contributed by atoms with Gasteiger partial charge in [-0.3, -0.25) is 29.5 Å². The summed E-state index contributed by atoms with van der Waals surface area (Å²) in [5.74, 6) is 0.176. The van der Waals surface area contributed by atoms with Gasteiger partial charge in [0.25, 0.3) is 17.4 Å². The van der Waals surface area contributed by atoms with Crippen molar-refractivity contribution in [3.63, 3.8) is 0 Å². The van der Waals surface area contributed by atoms with Crippen LogP contribution in [-0.4, -0.2) is 68.9 Å². The first-order valence-corrected chi connectivity index (χ1v) is 10.9. The largest absolute Gasteiger partial charge is 0.472 e. The highest BCUT2D eigenvalue weighted by Gasteiger charge is 2.29. The summed E-state index contributed by atoms with van der Waals surface area (Å²) < 4.78 is 11.7. The highest BCUT2D eigenvalue weighted by atomic mass is 16.6. The first-order valence-electron chi connectivity index (χ1n) is 10.9. The van der Waals surface area contributed by atoms with E-state index < -0.39 is 4.92 Å². The minimum absolute atomic E-state index is 0.0427. The number of carbonyl (C=O) groups excluding carboxylic acids is 2. The summed E-state index contributed by atoms with van der Waals surface area (Å²) >= 11 is 0. The second-order valence-corrected chi connectivity index (χ2v) is 7.97. The Morgan fingerprint density at radius 3 is 2.27 bits per heavy atom. The summed E-state index contributed by atoms with van der Waals surface area (Å²) in [6, 6.07) is 6.62. The molecule has 2 fully saturated rings. The first kappa shape index (κ1) is 22.6. The van der Waals surface area contributed by atoms with Crippen molar-refractivity contribution in [2.45, 2.75) is 38.3 Å². The normalized spacial score (nSPS) is 17.4. The highest BCUT2D eigenvalue weighted by Crippen LogP contribution is 2.25. The molecule has 2 amide bonds. The number of aromatic nitrogens is 2. The molecule has 0 bridgehead atoms. The molecule has 1 aromatic carbocycles. The van der Waals surface area contributed by atoms with Crippen LogP contribution >= 0.6 is 0 Å². The van der Waals surface area contributed by atoms with Crippen LogP contribution < -0.4 is 9.47 Å². The number of imide groups is 1. The molecule has 1 aromatic heterocycles. The molecule has 2 aromatic rings. The van der Waals surface area contributed by atoms with Crippen molar-refractivity contribution in [1.29, 1.82) is 0 Å². The summed E-state index contributed by atoms with van der Waals surface area (Å²) in [4.78, 5) is 45.7. The predicted octanol–water partition coefficient (Wildman–Crippen LogP) is 1.96. The number of ether oxygens (including phenoxy) is 2. The fourth-order valence-corrected chi connectivity index (χ4v) is 3.92. The van der Waals surface area contributed by atoms with Gasteiger partial charge in [-0.1, -0.05) is 12.1 Å². The average molecular weight is 455 g/mol. The lowest BCUT2D eigenvalue weighted by Crippen LogP contribution is -2.38. The van der Waals surface area contributed by atoms with Gasteiger partial charge in [0, 0.05) is 57.0 Å². The maximum atomic E-state index is 11.7. The molecule has 4 rings (SSSR count). The molecule has 0 aliphatic carbocycles. The van der Waals surface area contributed by atoms with Gasteiger partial charge in [-0.25, -0.2) is 9.97 Å². The standard InChI is InChI=1S/C22H25N5O6/c28-19-5-6-20(29)26(19)13-14-32-21-22(24-10-9-23-21)33-18-7-11-25(12-8-18)15-16-1-3-17(4-2-16)27(30)31/h1-4,9-10,18H,5-8,11-15H2. The van der Waals surface area contributed by atoms with E-state index in [4.69, 9.17) is 9.47 Å². The van der Waals surface area contributed by atoms with Crippen molar-refractivity contribution >= 4 is 17.5 Å². The molecule has 0 saturated carbocycles. The molecule has 2 aliphatic rings. The summed E-state index contributed by atoms with van der Waals surface area (Å²) in [6.07, 6.45) is 5.07. The zero-order chi connectivity index (χ0) is 23.2. The monoisotopic (exact) mass is 455 g/mol. The van der Waals surface area contributed by atoms with Crippen LogP contribution in [-0.2, 0) is 16.1 Å². The Kier molecular flexibility index (Phi) is 7.08. The second kappa shape index (κ2) is 10.3. The maximum Gasteiger partial charge on any atom is 0.278 e. The van der Waals surface area contributed by atoms with E-state index >= 15 is 0 Å². The van der Waals surface area contributed by atoms with E-state index in [-0.39, 0.29) is 55.5 Å². The summed E-state index contributed by atoms with van der Waals surface area (Å²) in [5, 5.41) is 10.8. The van der Waals surface area contributed by atoms with Crippen LogP contribution in [0.3, 0.4) is 0 Å². The number of rotatable bonds is 9. The molecule has 2 aliphatic heterocycles. The number of nitrogens with zero attached hydrogens (tertiary/aromatic N) is 5. The van der Waals surface area contributed by atoms with Crippen molar-refractivity contribution in [1.82, 2.24) is 19.8 Å². The molecular formula is C22H25N5O6. The number of hydrogen-bond donors (Lipinski definition) is 0. The molecule has 11 heteroatoms. The topological polar surface area (TPSA) is 128 Å². The van der Waals surface area contributed by atoms with Gasteiger partial charge < -0.3 is 9.47 Å². The third kappa shape index (κ3) is 5.80. The van der Waals surface area contributed by atoms with E-state index in [9.17, 15) is 19.7 Å². The van der Waals surface area contributed by atoms with Gasteiger partial charge in [0.05, 0.1) is 11.5 Å². The lowest BCUT2D eigenvalue weighted by Gasteiger charge is -2.32. The molecule has 0 unspecified atom stereocenters. The molecule has 3 heterocycles. The highest BCUT2D eigenvalue weighted by molar-refractivity contribution is 6.01. The second-order valence-electron chi connectivity index (χ2n) is 7.97. The quantitative estimate of drug-likeness (QED) is 0.316. The zero-order valence-corrected chi connectivity index (χ0v) is 18.1. The number of nitro benzene ring substituents is 1. The smallest absolute Gasteiger partial charge is 0.278 e. The summed E-state index contributed by atoms with van der Waals surface area (Å²) in [5.41, 5.74) is 1.12. The Morgan fingerprint density at radius 2 is 1.64 bits per heavy atom. The zero-order valence-electron chi connectivity index (χ0n) is 18.1. The molecule has 0 N–H and O–H groups in total. The van der Waals surface area contributed by atoms with Gasteiger partial charge in [-0.05, 0) is 18.4 Å². The van der Waals surface area contributed by atoms with E-state index in [0.717, 1.165) is 38.0 Å². The van der Waals surface area contributed by atoms with E-state index in [1.54, 1.807) is 12.1 Å². The Bertz CT molecular complexity index is 991. The third-order valence-electron chi connectivity index (χ3n) is 5.71. The van der Waals surface area contributed by atoms with Crippen LogP contribution in [0.15, 0.2) is 36.7 Å². The Labute approximate surface area is 190 Å². The minimum atomic E-state index is -0.400. The minimum Gasteiger partial charge on any atom is -0.472 e. The van der Waals surface area contributed by atoms with Crippen molar-refractivity contribution in [2.24, 2.45) is 0 Å². The fraction of sp³-hybridized carbons (Fsp3) is 0.455. The Hall–Kier alpha value is -3.60. The van der Waals surface area contributed by atoms with Crippen LogP contribution in [0.25, 0.3) is 0 Å². The van der Waals surface area contributed by atoms with E-state index in [2.05, 4.69) is 14.9 Å². The number of hydrogen-bond acceptors (Lipinski definition) is 9. The molecule has 0 radical (unpaired) electrons. The van der Waals surface area contributed by atoms with Crippen LogP contribution in [0.1, 0.15) is 31.2 Å². The van der Waals surface area contributed by atoms with Crippen molar-refractivity contribution < 1.29 is 24.0 Å². The Balaban J connectivity index is 1.25. The lowest BCUT2D eigenvalue weighted by atomic mass is 10.1. The fourth-order valence-electron chi connectivity index (χ4n) is 3.92. The van der Waals surface area contributed by atoms with Gasteiger partial charge in [0.15, 0.2) is 0 Å². The van der Waals surface area contributed by atoms with Crippen LogP contribution in [0.2, 0.25) is 0 Å². The van der Waals surface area contributed by atoms with E-state index in [0.29, 0.717) is 5.88 Å². The van der Waals surface area contributed by atoms with Crippen LogP contribution in [0, 0.1) is 10.1 Å². The number of likely N-dealkylation sites (tertiary alicyclic amines) is 2. The van der Waals surface area contributed by atoms with E-state index in [1.807, 2.05) is 0 Å². The molecule has 2 saturated heterocycles. The first-order chi connectivity index (χ1) is 16.0. The number of nitro groups is 1. The molecular weight excluding hydrogens is 430 g/mol. The summed E-state index contributed by atoms with van der Waals surface area (Å²) in [7, 11) is 0. The molecule has 0 atom stereocenters. The third-order valence-corrected chi connectivity index (χ3v) is 5.71. The predicted molar refractivity (Wildman–Crippen MR) is 116 cm³/mol. The van der Waals surface area contributed by atoms with Gasteiger partial charge in [-0.15, -0.1) is 0 Å². The van der Waals surface area contributed by atoms with Gasteiger partial charge in [0.2, 0.25) is 11.8 Å². The van der Waals surface area contributed by atoms with Crippen LogP contribution in [0.4, 0.5) is 5.69 Å². The average Bonchev–Trinajstić information content (AvgIpc) is 3.14. The molecule has 11 nitrogen and oxygen atoms in total. The lowest BCUT2D eigenvalue weighted by molar-refractivity contribution is -0.384. The van der Waals surface area contributed by atoms with E-state index in [1.165, 1.54) is 29.4 Å². The Morgan fingerprint density at radius 1 is 1.00 bits per heavy atom. The number of non-ortho nitro benzene ring substituents is 1. The number of piperidine rings is 1. The van der Waals surface area contributed by atoms with Gasteiger partial charge >= 0.3 is 0 Å². The SMILES string of the molecule is O=C1CCC(=O)N1CCOc1nccnc1OC1CCN(Cc2ccc([N+](=O)[O-])cc2)CC1. The molecule has 33 heavy (non-hydrogen) atoms. The van der Waals surface area contributed by atoms with Crippen molar-refractivity contribution in [3.05, 3.63) is 52.3 Å². The number of benzene rings is 1. The van der Waals surface area contributed by atoms with Crippen molar-refractivity contribution in [3.8, 4) is 11.8 Å². The van der Waals surface area contributed by atoms with Crippen molar-refractivity contribution in [2.75, 3.05) is 26.2 Å². The summed E-state index contributed by atoms with van der Waals surface area (Å²) in [6.45, 7) is 2.65. The maximum absolute atomic E-state index is 11.7. The molecule has 0 spiro atoms. The number of carbonyl (C=O) groups is 2. The van der Waals surface area contributed by atoms with Gasteiger partial charge in [-0.2, -0.15) is 0 Å². The molecule has 174 valence electrons.